The molecule has 0 saturated heterocycles. The van der Waals surface area contributed by atoms with Gasteiger partial charge < -0.3 is 10.2 Å². The van der Waals surface area contributed by atoms with Crippen LogP contribution in [0.5, 0.6) is 0 Å². The number of amides is 2. The smallest absolute Gasteiger partial charge is 0.243 e. The van der Waals surface area contributed by atoms with E-state index in [9.17, 15) is 18.0 Å². The monoisotopic (exact) mass is 353 g/mol. The van der Waals surface area contributed by atoms with Crippen LogP contribution in [0.15, 0.2) is 23.1 Å². The van der Waals surface area contributed by atoms with Gasteiger partial charge in [0.2, 0.25) is 21.8 Å². The number of benzene rings is 1. The Morgan fingerprint density at radius 1 is 1.25 bits per heavy atom. The van der Waals surface area contributed by atoms with E-state index in [2.05, 4.69) is 5.32 Å². The fraction of sp³-hybridized carbons (Fsp3) is 0.500. The normalized spacial score (nSPS) is 16.9. The van der Waals surface area contributed by atoms with Crippen LogP contribution in [0.1, 0.15) is 32.3 Å². The van der Waals surface area contributed by atoms with Gasteiger partial charge in [0.1, 0.15) is 0 Å². The molecule has 0 aromatic heterocycles. The number of likely N-dealkylation sites (N-methyl/N-ethyl adjacent to an activating group) is 2. The maximum Gasteiger partial charge on any atom is 0.243 e. The molecule has 0 bridgehead atoms. The minimum atomic E-state index is -3.80. The van der Waals surface area contributed by atoms with Crippen LogP contribution < -0.4 is 5.32 Å². The maximum absolute atomic E-state index is 12.7. The highest BCUT2D eigenvalue weighted by Crippen LogP contribution is 2.34. The predicted molar refractivity (Wildman–Crippen MR) is 91.2 cm³/mol. The number of nitrogens with zero attached hydrogens (tertiary/aromatic N) is 2. The number of hydrogen-bond donors (Lipinski definition) is 1. The summed E-state index contributed by atoms with van der Waals surface area (Å²) in [5.74, 6) is -0.778. The fourth-order valence-corrected chi connectivity index (χ4v) is 3.84. The molecule has 0 spiro atoms. The zero-order valence-electron chi connectivity index (χ0n) is 14.4. The van der Waals surface area contributed by atoms with Crippen molar-refractivity contribution in [1.29, 1.82) is 0 Å². The van der Waals surface area contributed by atoms with E-state index in [0.717, 1.165) is 4.31 Å². The zero-order valence-corrected chi connectivity index (χ0v) is 15.2. The number of fused-ring (bicyclic) bond motifs is 1. The Balaban J connectivity index is 2.25. The van der Waals surface area contributed by atoms with Crippen molar-refractivity contribution in [2.24, 2.45) is 0 Å². The highest BCUT2D eigenvalue weighted by Gasteiger charge is 2.30. The standard InChI is InChI=1S/C16H23N3O4S/c1-5-19(6-2)15(20)10-18(4)24(22,23)12-7-8-14-13(9-12)11(3)16(21)17-14/h7-9,11H,5-6,10H2,1-4H3,(H,17,21)/t11-/m0/s1. The Hall–Kier alpha value is -1.93. The van der Waals surface area contributed by atoms with Crippen LogP contribution in [0.3, 0.4) is 0 Å². The summed E-state index contributed by atoms with van der Waals surface area (Å²) >= 11 is 0. The van der Waals surface area contributed by atoms with E-state index in [4.69, 9.17) is 0 Å². The summed E-state index contributed by atoms with van der Waals surface area (Å²) in [6.45, 7) is 6.28. The maximum atomic E-state index is 12.7. The number of hydrogen-bond acceptors (Lipinski definition) is 4. The van der Waals surface area contributed by atoms with Crippen LogP contribution in [0.2, 0.25) is 0 Å². The van der Waals surface area contributed by atoms with Gasteiger partial charge in [-0.05, 0) is 44.5 Å². The van der Waals surface area contributed by atoms with E-state index in [1.54, 1.807) is 17.9 Å². The largest absolute Gasteiger partial charge is 0.342 e. The number of sulfonamides is 1. The van der Waals surface area contributed by atoms with Crippen molar-refractivity contribution in [3.63, 3.8) is 0 Å². The third-order valence-corrected chi connectivity index (χ3v) is 6.12. The van der Waals surface area contributed by atoms with E-state index < -0.39 is 15.9 Å². The summed E-state index contributed by atoms with van der Waals surface area (Å²) in [5.41, 5.74) is 1.29. The molecule has 1 aromatic carbocycles. The molecule has 132 valence electrons. The molecular weight excluding hydrogens is 330 g/mol. The first-order valence-corrected chi connectivity index (χ1v) is 9.35. The summed E-state index contributed by atoms with van der Waals surface area (Å²) in [7, 11) is -2.41. The van der Waals surface area contributed by atoms with Crippen molar-refractivity contribution in [3.8, 4) is 0 Å². The lowest BCUT2D eigenvalue weighted by molar-refractivity contribution is -0.130. The van der Waals surface area contributed by atoms with Gasteiger partial charge in [-0.2, -0.15) is 4.31 Å². The van der Waals surface area contributed by atoms with Crippen LogP contribution in [-0.2, 0) is 19.6 Å². The third kappa shape index (κ3) is 3.29. The van der Waals surface area contributed by atoms with Crippen molar-refractivity contribution < 1.29 is 18.0 Å². The van der Waals surface area contributed by atoms with Crippen molar-refractivity contribution in [2.75, 3.05) is 32.0 Å². The molecule has 0 aliphatic carbocycles. The minimum absolute atomic E-state index is 0.0828. The second kappa shape index (κ2) is 6.90. The molecule has 1 N–H and O–H groups in total. The quantitative estimate of drug-likeness (QED) is 0.833. The molecule has 0 fully saturated rings. The lowest BCUT2D eigenvalue weighted by Gasteiger charge is -2.23. The lowest BCUT2D eigenvalue weighted by Crippen LogP contribution is -2.41. The Morgan fingerprint density at radius 3 is 2.46 bits per heavy atom. The van der Waals surface area contributed by atoms with Gasteiger partial charge in [0.25, 0.3) is 0 Å². The number of carbonyl (C=O) groups excluding carboxylic acids is 2. The Kier molecular flexibility index (Phi) is 5.29. The molecule has 2 amide bonds. The first-order chi connectivity index (χ1) is 11.2. The number of carbonyl (C=O) groups is 2. The molecule has 0 unspecified atom stereocenters. The van der Waals surface area contributed by atoms with Crippen molar-refractivity contribution in [1.82, 2.24) is 9.21 Å². The average Bonchev–Trinajstić information content (AvgIpc) is 2.82. The van der Waals surface area contributed by atoms with Crippen molar-refractivity contribution in [3.05, 3.63) is 23.8 Å². The van der Waals surface area contributed by atoms with Gasteiger partial charge in [-0.25, -0.2) is 8.42 Å². The predicted octanol–water partition coefficient (Wildman–Crippen LogP) is 1.23. The average molecular weight is 353 g/mol. The van der Waals surface area contributed by atoms with Crippen molar-refractivity contribution in [2.45, 2.75) is 31.6 Å². The topological polar surface area (TPSA) is 86.8 Å². The van der Waals surface area contributed by atoms with Gasteiger partial charge in [0.05, 0.1) is 17.4 Å². The van der Waals surface area contributed by atoms with Crippen LogP contribution in [0, 0.1) is 0 Å². The summed E-state index contributed by atoms with van der Waals surface area (Å²) in [6.07, 6.45) is 0. The van der Waals surface area contributed by atoms with Gasteiger partial charge in [-0.15, -0.1) is 0 Å². The van der Waals surface area contributed by atoms with E-state index in [1.165, 1.54) is 19.2 Å². The van der Waals surface area contributed by atoms with E-state index in [0.29, 0.717) is 24.3 Å². The molecule has 2 rings (SSSR count). The van der Waals surface area contributed by atoms with E-state index in [-0.39, 0.29) is 23.3 Å². The molecule has 0 radical (unpaired) electrons. The minimum Gasteiger partial charge on any atom is -0.342 e. The number of rotatable bonds is 6. The lowest BCUT2D eigenvalue weighted by atomic mass is 10.0. The number of nitrogens with one attached hydrogen (secondary N) is 1. The molecule has 24 heavy (non-hydrogen) atoms. The Labute approximate surface area is 142 Å². The Bertz CT molecular complexity index is 757. The van der Waals surface area contributed by atoms with E-state index in [1.807, 2.05) is 13.8 Å². The van der Waals surface area contributed by atoms with Gasteiger partial charge in [-0.1, -0.05) is 0 Å². The summed E-state index contributed by atoms with van der Waals surface area (Å²) < 4.78 is 26.5. The molecule has 1 aromatic rings. The molecule has 7 nitrogen and oxygen atoms in total. The summed E-state index contributed by atoms with van der Waals surface area (Å²) in [6, 6.07) is 4.54. The number of anilines is 1. The van der Waals surface area contributed by atoms with Gasteiger partial charge in [0, 0.05) is 25.8 Å². The second-order valence-corrected chi connectivity index (χ2v) is 7.83. The zero-order chi connectivity index (χ0) is 18.1. The molecular formula is C16H23N3O4S. The highest BCUT2D eigenvalue weighted by molar-refractivity contribution is 7.89. The summed E-state index contributed by atoms with van der Waals surface area (Å²) in [5, 5.41) is 2.71. The third-order valence-electron chi connectivity index (χ3n) is 4.32. The van der Waals surface area contributed by atoms with E-state index >= 15 is 0 Å². The second-order valence-electron chi connectivity index (χ2n) is 5.79. The van der Waals surface area contributed by atoms with Crippen molar-refractivity contribution >= 4 is 27.5 Å². The Morgan fingerprint density at radius 2 is 1.88 bits per heavy atom. The van der Waals surface area contributed by atoms with Gasteiger partial charge >= 0.3 is 0 Å². The summed E-state index contributed by atoms with van der Waals surface area (Å²) in [4.78, 5) is 25.5. The molecule has 1 aliphatic heterocycles. The van der Waals surface area contributed by atoms with Gasteiger partial charge in [-0.3, -0.25) is 9.59 Å². The van der Waals surface area contributed by atoms with Crippen LogP contribution in [0.25, 0.3) is 0 Å². The van der Waals surface area contributed by atoms with Crippen LogP contribution in [0.4, 0.5) is 5.69 Å². The molecule has 0 saturated carbocycles. The fourth-order valence-electron chi connectivity index (χ4n) is 2.69. The van der Waals surface area contributed by atoms with Crippen LogP contribution >= 0.6 is 0 Å². The first-order valence-electron chi connectivity index (χ1n) is 7.91. The first kappa shape index (κ1) is 18.4. The van der Waals surface area contributed by atoms with Gasteiger partial charge in [0.15, 0.2) is 0 Å². The van der Waals surface area contributed by atoms with Crippen LogP contribution in [-0.4, -0.2) is 56.1 Å². The molecule has 1 aliphatic rings. The molecule has 1 atom stereocenters. The highest BCUT2D eigenvalue weighted by atomic mass is 32.2. The molecule has 8 heteroatoms. The SMILES string of the molecule is CCN(CC)C(=O)CN(C)S(=O)(=O)c1ccc2c(c1)[C@H](C)C(=O)N2. The molecule has 1 heterocycles.